The SMILES string of the molecule is CCOC(=O)C1C(CC)C1[C@](C)(NC(=O)CNC(=O)OC(C)(C)C)C(=O)OCC.CF. The van der Waals surface area contributed by atoms with Crippen molar-refractivity contribution in [2.24, 2.45) is 17.8 Å². The van der Waals surface area contributed by atoms with Gasteiger partial charge in [0, 0.05) is 5.92 Å². The zero-order chi connectivity index (χ0) is 24.4. The Balaban J connectivity index is 0.00000436. The average Bonchev–Trinajstić information content (AvgIpc) is 3.42. The first-order valence-corrected chi connectivity index (χ1v) is 10.4. The summed E-state index contributed by atoms with van der Waals surface area (Å²) >= 11 is 0. The van der Waals surface area contributed by atoms with E-state index in [2.05, 4.69) is 10.6 Å². The molecule has 1 fully saturated rings. The Morgan fingerprint density at radius 3 is 1.94 bits per heavy atom. The van der Waals surface area contributed by atoms with E-state index in [1.165, 1.54) is 0 Å². The van der Waals surface area contributed by atoms with Crippen molar-refractivity contribution in [2.45, 2.75) is 66.0 Å². The zero-order valence-electron chi connectivity index (χ0n) is 19.8. The first-order valence-electron chi connectivity index (χ1n) is 10.4. The van der Waals surface area contributed by atoms with E-state index in [9.17, 15) is 23.6 Å². The normalized spacial score (nSPS) is 21.4. The van der Waals surface area contributed by atoms with Crippen molar-refractivity contribution >= 4 is 23.9 Å². The van der Waals surface area contributed by atoms with Gasteiger partial charge in [-0.2, -0.15) is 0 Å². The van der Waals surface area contributed by atoms with E-state index >= 15 is 0 Å². The van der Waals surface area contributed by atoms with E-state index in [-0.39, 0.29) is 31.6 Å². The van der Waals surface area contributed by atoms with Crippen LogP contribution in [0.1, 0.15) is 54.9 Å². The molecule has 0 aromatic heterocycles. The molecule has 0 heterocycles. The summed E-state index contributed by atoms with van der Waals surface area (Å²) in [5.74, 6) is -2.65. The maximum Gasteiger partial charge on any atom is 0.408 e. The van der Waals surface area contributed by atoms with Gasteiger partial charge in [0.15, 0.2) is 0 Å². The highest BCUT2D eigenvalue weighted by Crippen LogP contribution is 2.55. The average molecular weight is 449 g/mol. The van der Waals surface area contributed by atoms with Gasteiger partial charge in [0.2, 0.25) is 5.91 Å². The standard InChI is InChI=1S/C20H34N2O7.CH3F/c1-8-12-14(16(24)27-9-2)15(12)20(7,17(25)28-10-3)22-13(23)11-21-18(26)29-19(4,5)6;1-2/h12,14-15H,8-11H2,1-7H3,(H,21,26)(H,22,23);1H3/t12?,14?,15?,20-;/m0./s1. The minimum absolute atomic E-state index is 0.109. The Kier molecular flexibility index (Phi) is 11.5. The van der Waals surface area contributed by atoms with Gasteiger partial charge in [0.1, 0.15) is 17.7 Å². The van der Waals surface area contributed by atoms with Crippen LogP contribution in [-0.2, 0) is 28.6 Å². The highest BCUT2D eigenvalue weighted by atomic mass is 19.1. The Bertz CT molecular complexity index is 636. The van der Waals surface area contributed by atoms with Crippen molar-refractivity contribution in [1.82, 2.24) is 10.6 Å². The van der Waals surface area contributed by atoms with Crippen molar-refractivity contribution in [3.05, 3.63) is 0 Å². The van der Waals surface area contributed by atoms with Gasteiger partial charge in [0.05, 0.1) is 26.3 Å². The summed E-state index contributed by atoms with van der Waals surface area (Å²) in [6.07, 6.45) is -0.0948. The summed E-state index contributed by atoms with van der Waals surface area (Å²) in [5.41, 5.74) is -2.12. The number of carbonyl (C=O) groups is 4. The molecule has 4 atom stereocenters. The number of amides is 2. The smallest absolute Gasteiger partial charge is 0.408 e. The van der Waals surface area contributed by atoms with Gasteiger partial charge in [0.25, 0.3) is 0 Å². The molecule has 0 bridgehead atoms. The largest absolute Gasteiger partial charge is 0.466 e. The number of hydrogen-bond donors (Lipinski definition) is 2. The van der Waals surface area contributed by atoms with Crippen LogP contribution >= 0.6 is 0 Å². The molecule has 1 aliphatic carbocycles. The number of alkyl halides is 1. The minimum Gasteiger partial charge on any atom is -0.466 e. The molecule has 1 aliphatic rings. The minimum atomic E-state index is -1.42. The number of halogens is 1. The Hall–Kier alpha value is -2.39. The lowest BCUT2D eigenvalue weighted by Gasteiger charge is -2.29. The summed E-state index contributed by atoms with van der Waals surface area (Å²) in [7, 11) is 0.500. The molecule has 0 aromatic rings. The lowest BCUT2D eigenvalue weighted by Crippen LogP contribution is -2.57. The summed E-state index contributed by atoms with van der Waals surface area (Å²) in [6, 6.07) is 0. The predicted octanol–water partition coefficient (Wildman–Crippen LogP) is 2.37. The molecule has 1 rings (SSSR count). The lowest BCUT2D eigenvalue weighted by molar-refractivity contribution is -0.154. The molecule has 10 heteroatoms. The Morgan fingerprint density at radius 1 is 0.935 bits per heavy atom. The molecule has 9 nitrogen and oxygen atoms in total. The van der Waals surface area contributed by atoms with Gasteiger partial charge >= 0.3 is 18.0 Å². The van der Waals surface area contributed by atoms with Gasteiger partial charge in [-0.25, -0.2) is 9.59 Å². The van der Waals surface area contributed by atoms with E-state index in [4.69, 9.17) is 14.2 Å². The topological polar surface area (TPSA) is 120 Å². The molecule has 0 aliphatic heterocycles. The van der Waals surface area contributed by atoms with E-state index in [0.717, 1.165) is 0 Å². The number of carbonyl (C=O) groups excluding carboxylic acids is 4. The molecule has 180 valence electrons. The van der Waals surface area contributed by atoms with E-state index in [0.29, 0.717) is 13.6 Å². The third kappa shape index (κ3) is 8.34. The van der Waals surface area contributed by atoms with Crippen molar-refractivity contribution in [2.75, 3.05) is 26.9 Å². The van der Waals surface area contributed by atoms with Crippen LogP contribution in [-0.4, -0.2) is 62.0 Å². The fourth-order valence-electron chi connectivity index (χ4n) is 3.58. The van der Waals surface area contributed by atoms with Crippen LogP contribution in [0, 0.1) is 17.8 Å². The second-order valence-electron chi connectivity index (χ2n) is 8.20. The van der Waals surface area contributed by atoms with E-state index in [1.54, 1.807) is 41.5 Å². The molecule has 2 N–H and O–H groups in total. The predicted molar refractivity (Wildman–Crippen MR) is 112 cm³/mol. The Labute approximate surface area is 183 Å². The molecular formula is C21H37FN2O7. The summed E-state index contributed by atoms with van der Waals surface area (Å²) in [6.45, 7) is 11.9. The number of alkyl carbamates (subject to hydrolysis) is 1. The number of hydrogen-bond acceptors (Lipinski definition) is 7. The highest BCUT2D eigenvalue weighted by molar-refractivity contribution is 5.92. The molecule has 31 heavy (non-hydrogen) atoms. The maximum absolute atomic E-state index is 12.7. The summed E-state index contributed by atoms with van der Waals surface area (Å²) in [4.78, 5) is 49.2. The molecule has 1 saturated carbocycles. The summed E-state index contributed by atoms with van der Waals surface area (Å²) < 4.78 is 24.9. The number of ether oxygens (including phenoxy) is 3. The fraction of sp³-hybridized carbons (Fsp3) is 0.810. The van der Waals surface area contributed by atoms with E-state index < -0.39 is 40.9 Å². The van der Waals surface area contributed by atoms with Crippen LogP contribution in [0.4, 0.5) is 9.18 Å². The third-order valence-electron chi connectivity index (χ3n) is 4.76. The van der Waals surface area contributed by atoms with Gasteiger partial charge in [-0.3, -0.25) is 14.0 Å². The van der Waals surface area contributed by atoms with E-state index in [1.807, 2.05) is 6.92 Å². The van der Waals surface area contributed by atoms with Crippen LogP contribution < -0.4 is 10.6 Å². The van der Waals surface area contributed by atoms with Crippen molar-refractivity contribution in [3.8, 4) is 0 Å². The number of nitrogens with one attached hydrogen (secondary N) is 2. The zero-order valence-corrected chi connectivity index (χ0v) is 19.8. The number of esters is 2. The van der Waals surface area contributed by atoms with Crippen LogP contribution in [0.3, 0.4) is 0 Å². The number of rotatable bonds is 9. The first-order chi connectivity index (χ1) is 14.4. The van der Waals surface area contributed by atoms with Crippen molar-refractivity contribution in [1.29, 1.82) is 0 Å². The lowest BCUT2D eigenvalue weighted by atomic mass is 9.92. The molecule has 0 saturated heterocycles. The molecule has 0 spiro atoms. The monoisotopic (exact) mass is 448 g/mol. The van der Waals surface area contributed by atoms with Gasteiger partial charge in [-0.15, -0.1) is 0 Å². The molecule has 0 radical (unpaired) electrons. The van der Waals surface area contributed by atoms with Gasteiger partial charge in [-0.1, -0.05) is 13.3 Å². The molecule has 3 unspecified atom stereocenters. The fourth-order valence-corrected chi connectivity index (χ4v) is 3.58. The van der Waals surface area contributed by atoms with Crippen LogP contribution in [0.25, 0.3) is 0 Å². The molecule has 0 aromatic carbocycles. The second kappa shape index (κ2) is 12.5. The highest BCUT2D eigenvalue weighted by Gasteiger charge is 2.66. The molecule has 2 amide bonds. The van der Waals surface area contributed by atoms with Crippen LogP contribution in [0.2, 0.25) is 0 Å². The van der Waals surface area contributed by atoms with Gasteiger partial charge < -0.3 is 24.8 Å². The maximum atomic E-state index is 12.7. The van der Waals surface area contributed by atoms with Crippen molar-refractivity contribution in [3.63, 3.8) is 0 Å². The van der Waals surface area contributed by atoms with Crippen LogP contribution in [0.5, 0.6) is 0 Å². The van der Waals surface area contributed by atoms with Crippen molar-refractivity contribution < 1.29 is 37.8 Å². The van der Waals surface area contributed by atoms with Gasteiger partial charge in [-0.05, 0) is 47.5 Å². The first kappa shape index (κ1) is 28.6. The Morgan fingerprint density at radius 2 is 1.48 bits per heavy atom. The second-order valence-corrected chi connectivity index (χ2v) is 8.20. The van der Waals surface area contributed by atoms with Crippen LogP contribution in [0.15, 0.2) is 0 Å². The molecular weight excluding hydrogens is 411 g/mol. The quantitative estimate of drug-likeness (QED) is 0.410. The summed E-state index contributed by atoms with van der Waals surface area (Å²) in [5, 5.41) is 5.01. The third-order valence-corrected chi connectivity index (χ3v) is 4.76.